The van der Waals surface area contributed by atoms with Gasteiger partial charge in [-0.3, -0.25) is 10.0 Å². The van der Waals surface area contributed by atoms with Crippen LogP contribution in [0.25, 0.3) is 0 Å². The predicted octanol–water partition coefficient (Wildman–Crippen LogP) is 4.50. The molecule has 182 valence electrons. The van der Waals surface area contributed by atoms with Gasteiger partial charge in [0.25, 0.3) is 5.91 Å². The van der Waals surface area contributed by atoms with E-state index in [1.807, 2.05) is 13.0 Å². The van der Waals surface area contributed by atoms with Crippen molar-refractivity contribution in [2.45, 2.75) is 49.8 Å². The van der Waals surface area contributed by atoms with Crippen molar-refractivity contribution in [3.8, 4) is 12.3 Å². The quantitative estimate of drug-likeness (QED) is 0.147. The Bertz CT molecular complexity index is 905. The zero-order valence-corrected chi connectivity index (χ0v) is 18.8. The molecule has 0 bridgehead atoms. The van der Waals surface area contributed by atoms with E-state index in [1.54, 1.807) is 4.31 Å². The highest BCUT2D eigenvalue weighted by atomic mass is 32.2. The maximum Gasteiger partial charge on any atom is 0.392 e. The lowest BCUT2D eigenvalue weighted by Gasteiger charge is -2.31. The number of amides is 1. The summed E-state index contributed by atoms with van der Waals surface area (Å²) in [6.45, 7) is 5.70. The second-order valence-corrected chi connectivity index (χ2v) is 8.33. The molecule has 1 aliphatic heterocycles. The standard InChI is InChI=1S/C18H21FN2O4S.C4H5F3/c1-3-4-6-13(2)25-14-9-11-21(12-10-14)26(24)16-8-5-7-15(19)17(16)18(22)20-23;1-2-3-4(5,6)7/h1,5-8,14,23H,4,9-12H2,2H3,(H,20,22);2H,1,3H2/b13-6+;. The van der Waals surface area contributed by atoms with E-state index in [-0.39, 0.29) is 11.0 Å². The van der Waals surface area contributed by atoms with E-state index in [0.29, 0.717) is 32.4 Å². The van der Waals surface area contributed by atoms with Gasteiger partial charge < -0.3 is 4.74 Å². The van der Waals surface area contributed by atoms with Gasteiger partial charge in [0.2, 0.25) is 0 Å². The highest BCUT2D eigenvalue weighted by Gasteiger charge is 2.28. The number of nitrogens with zero attached hydrogens (tertiary/aromatic N) is 1. The van der Waals surface area contributed by atoms with E-state index >= 15 is 0 Å². The monoisotopic (exact) mass is 490 g/mol. The van der Waals surface area contributed by atoms with Crippen molar-refractivity contribution in [2.75, 3.05) is 13.1 Å². The molecule has 11 heteroatoms. The van der Waals surface area contributed by atoms with Gasteiger partial charge in [-0.05, 0) is 38.0 Å². The van der Waals surface area contributed by atoms with E-state index in [1.165, 1.54) is 17.6 Å². The molecule has 2 rings (SSSR count). The third-order valence-corrected chi connectivity index (χ3v) is 5.91. The molecule has 1 aliphatic rings. The number of allylic oxidation sites excluding steroid dienone is 3. The van der Waals surface area contributed by atoms with Crippen LogP contribution in [-0.4, -0.2) is 45.0 Å². The molecule has 6 nitrogen and oxygen atoms in total. The summed E-state index contributed by atoms with van der Waals surface area (Å²) >= 11 is 0. The van der Waals surface area contributed by atoms with Crippen LogP contribution in [0.5, 0.6) is 0 Å². The molecule has 1 fully saturated rings. The van der Waals surface area contributed by atoms with Crippen LogP contribution in [0.3, 0.4) is 0 Å². The first kappa shape index (κ1) is 28.4. The topological polar surface area (TPSA) is 78.9 Å². The number of rotatable bonds is 7. The van der Waals surface area contributed by atoms with Gasteiger partial charge in [-0.1, -0.05) is 12.1 Å². The molecule has 33 heavy (non-hydrogen) atoms. The number of hydrogen-bond acceptors (Lipinski definition) is 4. The average molecular weight is 491 g/mol. The zero-order chi connectivity index (χ0) is 25.0. The summed E-state index contributed by atoms with van der Waals surface area (Å²) in [5, 5.41) is 8.80. The van der Waals surface area contributed by atoms with E-state index in [2.05, 4.69) is 12.5 Å². The summed E-state index contributed by atoms with van der Waals surface area (Å²) in [6.07, 6.45) is 4.69. The third-order valence-electron chi connectivity index (χ3n) is 4.36. The summed E-state index contributed by atoms with van der Waals surface area (Å²) in [7, 11) is -1.72. The smallest absolute Gasteiger partial charge is 0.392 e. The van der Waals surface area contributed by atoms with Crippen molar-refractivity contribution in [3.05, 3.63) is 54.1 Å². The molecule has 2 N–H and O–H groups in total. The predicted molar refractivity (Wildman–Crippen MR) is 116 cm³/mol. The fraction of sp³-hybridized carbons (Fsp3) is 0.409. The Morgan fingerprint density at radius 1 is 1.42 bits per heavy atom. The van der Waals surface area contributed by atoms with Crippen LogP contribution in [0.15, 0.2) is 47.6 Å². The Kier molecular flexibility index (Phi) is 11.8. The number of piperidine rings is 1. The fourth-order valence-electron chi connectivity index (χ4n) is 2.86. The largest absolute Gasteiger partial charge is 0.495 e. The first-order valence-electron chi connectivity index (χ1n) is 9.88. The fourth-order valence-corrected chi connectivity index (χ4v) is 4.24. The Morgan fingerprint density at radius 3 is 2.55 bits per heavy atom. The molecule has 1 aromatic rings. The van der Waals surface area contributed by atoms with Gasteiger partial charge in [0.05, 0.1) is 22.6 Å². The van der Waals surface area contributed by atoms with E-state index in [9.17, 15) is 26.6 Å². The second kappa shape index (κ2) is 13.8. The Hall–Kier alpha value is -2.68. The second-order valence-electron chi connectivity index (χ2n) is 6.88. The van der Waals surface area contributed by atoms with Crippen molar-refractivity contribution < 1.29 is 36.5 Å². The SMILES string of the molecule is C#CC/C=C(\C)OC1CCN(S(=O)c2cccc(F)c2C(=O)NO)CC1.C=CCC(F)(F)F. The number of carbonyl (C=O) groups excluding carboxylic acids is 1. The first-order valence-corrected chi connectivity index (χ1v) is 11.0. The molecule has 0 aromatic heterocycles. The van der Waals surface area contributed by atoms with Gasteiger partial charge in [-0.2, -0.15) is 13.2 Å². The number of benzene rings is 1. The van der Waals surface area contributed by atoms with Crippen LogP contribution in [-0.2, 0) is 15.7 Å². The lowest BCUT2D eigenvalue weighted by atomic mass is 10.1. The minimum Gasteiger partial charge on any atom is -0.495 e. The third kappa shape index (κ3) is 9.77. The van der Waals surface area contributed by atoms with Crippen LogP contribution in [0.4, 0.5) is 17.6 Å². The molecule has 1 atom stereocenters. The molecule has 1 heterocycles. The number of nitrogens with one attached hydrogen (secondary N) is 1. The number of ether oxygens (including phenoxy) is 1. The Labute approximate surface area is 192 Å². The lowest BCUT2D eigenvalue weighted by molar-refractivity contribution is -0.124. The molecule has 1 amide bonds. The van der Waals surface area contributed by atoms with Crippen molar-refractivity contribution in [1.29, 1.82) is 0 Å². The number of terminal acetylenes is 1. The van der Waals surface area contributed by atoms with Crippen molar-refractivity contribution in [2.24, 2.45) is 0 Å². The Morgan fingerprint density at radius 2 is 2.06 bits per heavy atom. The summed E-state index contributed by atoms with van der Waals surface area (Å²) < 4.78 is 67.2. The van der Waals surface area contributed by atoms with Gasteiger partial charge in [0.15, 0.2) is 0 Å². The maximum atomic E-state index is 14.0. The van der Waals surface area contributed by atoms with E-state index in [4.69, 9.17) is 16.4 Å². The molecule has 1 aromatic carbocycles. The van der Waals surface area contributed by atoms with Crippen molar-refractivity contribution >= 4 is 16.9 Å². The van der Waals surface area contributed by atoms with Crippen LogP contribution in [0, 0.1) is 18.2 Å². The van der Waals surface area contributed by atoms with Crippen LogP contribution < -0.4 is 5.48 Å². The summed E-state index contributed by atoms with van der Waals surface area (Å²) in [4.78, 5) is 11.7. The van der Waals surface area contributed by atoms with Gasteiger partial charge >= 0.3 is 6.18 Å². The van der Waals surface area contributed by atoms with Gasteiger partial charge in [0.1, 0.15) is 22.9 Å². The highest BCUT2D eigenvalue weighted by molar-refractivity contribution is 7.82. The maximum absolute atomic E-state index is 14.0. The summed E-state index contributed by atoms with van der Waals surface area (Å²) in [5.74, 6) is 1.41. The molecule has 1 saturated heterocycles. The number of hydroxylamine groups is 1. The zero-order valence-electron chi connectivity index (χ0n) is 18.0. The number of hydrogen-bond donors (Lipinski definition) is 2. The van der Waals surface area contributed by atoms with Crippen molar-refractivity contribution in [1.82, 2.24) is 9.79 Å². The molecule has 0 spiro atoms. The number of alkyl halides is 3. The minimum atomic E-state index is -4.07. The van der Waals surface area contributed by atoms with Crippen molar-refractivity contribution in [3.63, 3.8) is 0 Å². The van der Waals surface area contributed by atoms with Gasteiger partial charge in [0, 0.05) is 19.5 Å². The van der Waals surface area contributed by atoms with Crippen LogP contribution >= 0.6 is 0 Å². The molecular formula is C22H26F4N2O4S. The average Bonchev–Trinajstić information content (AvgIpc) is 2.76. The number of halogens is 4. The van der Waals surface area contributed by atoms with Gasteiger partial charge in [-0.25, -0.2) is 18.4 Å². The summed E-state index contributed by atoms with van der Waals surface area (Å²) in [5.41, 5.74) is 0.977. The minimum absolute atomic E-state index is 0.00926. The van der Waals surface area contributed by atoms with Crippen LogP contribution in [0.1, 0.15) is 43.0 Å². The highest BCUT2D eigenvalue weighted by Crippen LogP contribution is 2.24. The van der Waals surface area contributed by atoms with E-state index < -0.39 is 40.9 Å². The molecule has 0 saturated carbocycles. The lowest BCUT2D eigenvalue weighted by Crippen LogP contribution is -2.38. The van der Waals surface area contributed by atoms with Crippen LogP contribution in [0.2, 0.25) is 0 Å². The van der Waals surface area contributed by atoms with Gasteiger partial charge in [-0.15, -0.1) is 18.9 Å². The first-order chi connectivity index (χ1) is 15.5. The Balaban J connectivity index is 0.000000675. The van der Waals surface area contributed by atoms with E-state index in [0.717, 1.165) is 17.9 Å². The normalized spacial score (nSPS) is 16.1. The molecule has 0 radical (unpaired) electrons. The molecule has 1 unspecified atom stereocenters. The molecular weight excluding hydrogens is 464 g/mol. The summed E-state index contributed by atoms with van der Waals surface area (Å²) in [6, 6.07) is 3.88. The number of carbonyl (C=O) groups is 1. The molecule has 0 aliphatic carbocycles.